The highest BCUT2D eigenvalue weighted by Gasteiger charge is 2.32. The van der Waals surface area contributed by atoms with Gasteiger partial charge in [0.15, 0.2) is 11.6 Å². The average Bonchev–Trinajstić information content (AvgIpc) is 3.68. The van der Waals surface area contributed by atoms with Crippen molar-refractivity contribution in [3.63, 3.8) is 0 Å². The van der Waals surface area contributed by atoms with E-state index in [4.69, 9.17) is 9.72 Å². The van der Waals surface area contributed by atoms with E-state index in [2.05, 4.69) is 25.2 Å². The van der Waals surface area contributed by atoms with E-state index >= 15 is 0 Å². The van der Waals surface area contributed by atoms with Gasteiger partial charge < -0.3 is 15.0 Å². The summed E-state index contributed by atoms with van der Waals surface area (Å²) in [5, 5.41) is 8.50. The van der Waals surface area contributed by atoms with Crippen LogP contribution in [0.1, 0.15) is 48.0 Å². The topological polar surface area (TPSA) is 88.4 Å². The van der Waals surface area contributed by atoms with Crippen molar-refractivity contribution in [1.82, 2.24) is 24.6 Å². The van der Waals surface area contributed by atoms with Crippen molar-refractivity contribution in [3.05, 3.63) is 53.9 Å². The van der Waals surface area contributed by atoms with Crippen LogP contribution < -0.4 is 10.2 Å². The minimum absolute atomic E-state index is 0.164. The first-order valence-electron chi connectivity index (χ1n) is 13.4. The summed E-state index contributed by atoms with van der Waals surface area (Å²) in [5.41, 5.74) is 2.71. The van der Waals surface area contributed by atoms with Gasteiger partial charge in [-0.15, -0.1) is 0 Å². The van der Waals surface area contributed by atoms with Crippen molar-refractivity contribution < 1.29 is 13.9 Å². The maximum Gasteiger partial charge on any atom is 0.257 e. The summed E-state index contributed by atoms with van der Waals surface area (Å²) < 4.78 is 22.1. The minimum Gasteiger partial charge on any atom is -0.370 e. The van der Waals surface area contributed by atoms with Crippen LogP contribution in [0.5, 0.6) is 0 Å². The van der Waals surface area contributed by atoms with Gasteiger partial charge in [-0.3, -0.25) is 14.4 Å². The first-order chi connectivity index (χ1) is 18.5. The van der Waals surface area contributed by atoms with Crippen molar-refractivity contribution in [3.8, 4) is 0 Å². The van der Waals surface area contributed by atoms with Crippen molar-refractivity contribution in [2.75, 3.05) is 43.0 Å². The molecular weight excluding hydrogens is 485 g/mol. The normalized spacial score (nSPS) is 21.9. The molecule has 10 heteroatoms. The largest absolute Gasteiger partial charge is 0.370 e. The molecular formula is C28H30FN7O2. The van der Waals surface area contributed by atoms with Gasteiger partial charge in [-0.25, -0.2) is 14.4 Å². The first kappa shape index (κ1) is 23.5. The van der Waals surface area contributed by atoms with E-state index in [1.165, 1.54) is 25.5 Å². The lowest BCUT2D eigenvalue weighted by molar-refractivity contribution is 0.102. The number of nitrogens with one attached hydrogen (secondary N) is 1. The molecule has 3 fully saturated rings. The maximum atomic E-state index is 14.7. The molecule has 0 unspecified atom stereocenters. The van der Waals surface area contributed by atoms with Gasteiger partial charge in [0.25, 0.3) is 5.91 Å². The molecule has 3 saturated heterocycles. The molecule has 2 aromatic carbocycles. The van der Waals surface area contributed by atoms with E-state index in [9.17, 15) is 9.18 Å². The molecule has 1 N–H and O–H groups in total. The van der Waals surface area contributed by atoms with Crippen LogP contribution in [0.4, 0.5) is 15.8 Å². The van der Waals surface area contributed by atoms with Gasteiger partial charge in [0, 0.05) is 73.9 Å². The number of amides is 1. The Morgan fingerprint density at radius 1 is 1.13 bits per heavy atom. The van der Waals surface area contributed by atoms with E-state index in [1.54, 1.807) is 24.0 Å². The van der Waals surface area contributed by atoms with Crippen LogP contribution in [0.25, 0.3) is 21.8 Å². The van der Waals surface area contributed by atoms with Gasteiger partial charge in [-0.2, -0.15) is 5.10 Å². The lowest BCUT2D eigenvalue weighted by Crippen LogP contribution is -2.50. The number of anilines is 2. The molecule has 196 valence electrons. The number of halogens is 1. The summed E-state index contributed by atoms with van der Waals surface area (Å²) >= 11 is 0. The molecule has 2 atom stereocenters. The molecule has 0 spiro atoms. The molecule has 9 nitrogen and oxygen atoms in total. The Balaban J connectivity index is 1.27. The SMILES string of the molecule is Cn1cc2cc(NC(=O)c3ccc(N4CCN5CCC[C@H]5C4)c4cnc([C@@H]5CCCO5)nc34)cc(F)c2n1. The van der Waals surface area contributed by atoms with Crippen molar-refractivity contribution in [2.24, 2.45) is 7.05 Å². The van der Waals surface area contributed by atoms with E-state index < -0.39 is 5.82 Å². The minimum atomic E-state index is -0.479. The summed E-state index contributed by atoms with van der Waals surface area (Å²) in [7, 11) is 1.74. The average molecular weight is 516 g/mol. The molecule has 7 rings (SSSR count). The lowest BCUT2D eigenvalue weighted by Gasteiger charge is -2.39. The summed E-state index contributed by atoms with van der Waals surface area (Å²) in [6, 6.07) is 7.43. The predicted molar refractivity (Wildman–Crippen MR) is 143 cm³/mol. The van der Waals surface area contributed by atoms with Gasteiger partial charge in [0.2, 0.25) is 0 Å². The van der Waals surface area contributed by atoms with Crippen LogP contribution in [0, 0.1) is 5.82 Å². The molecule has 1 amide bonds. The Kier molecular flexibility index (Phi) is 5.74. The third-order valence-electron chi connectivity index (χ3n) is 8.07. The molecule has 0 radical (unpaired) electrons. The zero-order valence-electron chi connectivity index (χ0n) is 21.4. The molecule has 3 aliphatic rings. The molecule has 38 heavy (non-hydrogen) atoms. The fourth-order valence-corrected chi connectivity index (χ4v) is 6.21. The predicted octanol–water partition coefficient (Wildman–Crippen LogP) is 4.04. The zero-order chi connectivity index (χ0) is 25.8. The maximum absolute atomic E-state index is 14.7. The van der Waals surface area contributed by atoms with Crippen LogP contribution in [0.2, 0.25) is 0 Å². The van der Waals surface area contributed by atoms with Crippen LogP contribution >= 0.6 is 0 Å². The number of piperazine rings is 1. The Bertz CT molecular complexity index is 1550. The van der Waals surface area contributed by atoms with E-state index in [0.717, 1.165) is 43.5 Å². The number of nitrogens with zero attached hydrogens (tertiary/aromatic N) is 6. The monoisotopic (exact) mass is 515 g/mol. The van der Waals surface area contributed by atoms with Crippen molar-refractivity contribution >= 4 is 39.1 Å². The summed E-state index contributed by atoms with van der Waals surface area (Å²) in [4.78, 5) is 28.1. The number of rotatable bonds is 4. The smallest absolute Gasteiger partial charge is 0.257 e. The molecule has 0 aliphatic carbocycles. The van der Waals surface area contributed by atoms with Gasteiger partial charge in [0.05, 0.1) is 11.1 Å². The highest BCUT2D eigenvalue weighted by Crippen LogP contribution is 2.34. The molecule has 4 aromatic rings. The number of aromatic nitrogens is 4. The van der Waals surface area contributed by atoms with Crippen LogP contribution in [0.15, 0.2) is 36.7 Å². The van der Waals surface area contributed by atoms with E-state index in [1.807, 2.05) is 18.3 Å². The molecule has 0 saturated carbocycles. The third-order valence-corrected chi connectivity index (χ3v) is 8.07. The third kappa shape index (κ3) is 4.08. The van der Waals surface area contributed by atoms with Crippen LogP contribution in [-0.2, 0) is 11.8 Å². The summed E-state index contributed by atoms with van der Waals surface area (Å²) in [6.45, 7) is 4.78. The Morgan fingerprint density at radius 3 is 2.92 bits per heavy atom. The number of carbonyl (C=O) groups is 1. The standard InChI is InChI=1S/C28H30FN7O2/c1-34-15-17-12-18(13-22(29)25(17)33-34)31-28(37)20-6-7-23(36-10-9-35-8-2-4-19(35)16-36)21-14-30-27(32-26(20)21)24-5-3-11-38-24/h6-7,12-15,19,24H,2-5,8-11,16H2,1H3,(H,31,37)/t19-,24-/m0/s1. The number of benzene rings is 2. The van der Waals surface area contributed by atoms with Gasteiger partial charge in [0.1, 0.15) is 11.6 Å². The van der Waals surface area contributed by atoms with Crippen molar-refractivity contribution in [2.45, 2.75) is 37.8 Å². The number of hydrogen-bond acceptors (Lipinski definition) is 7. The first-order valence-corrected chi connectivity index (χ1v) is 13.4. The quantitative estimate of drug-likeness (QED) is 0.439. The number of hydrogen-bond donors (Lipinski definition) is 1. The number of ether oxygens (including phenoxy) is 1. The second-order valence-electron chi connectivity index (χ2n) is 10.6. The van der Waals surface area contributed by atoms with E-state index in [0.29, 0.717) is 40.6 Å². The highest BCUT2D eigenvalue weighted by atomic mass is 19.1. The van der Waals surface area contributed by atoms with Crippen LogP contribution in [0.3, 0.4) is 0 Å². The molecule has 0 bridgehead atoms. The number of aryl methyl sites for hydroxylation is 1. The number of carbonyl (C=O) groups excluding carboxylic acids is 1. The van der Waals surface area contributed by atoms with Crippen LogP contribution in [-0.4, -0.2) is 69.4 Å². The summed E-state index contributed by atoms with van der Waals surface area (Å²) in [6.07, 6.45) is 7.69. The lowest BCUT2D eigenvalue weighted by atomic mass is 10.0. The summed E-state index contributed by atoms with van der Waals surface area (Å²) in [5.74, 6) is -0.223. The zero-order valence-corrected chi connectivity index (χ0v) is 21.4. The molecule has 5 heterocycles. The van der Waals surface area contributed by atoms with E-state index in [-0.39, 0.29) is 17.5 Å². The molecule has 2 aromatic heterocycles. The second-order valence-corrected chi connectivity index (χ2v) is 10.6. The van der Waals surface area contributed by atoms with Crippen molar-refractivity contribution in [1.29, 1.82) is 0 Å². The molecule has 3 aliphatic heterocycles. The van der Waals surface area contributed by atoms with Gasteiger partial charge in [-0.1, -0.05) is 0 Å². The highest BCUT2D eigenvalue weighted by molar-refractivity contribution is 6.14. The fourth-order valence-electron chi connectivity index (χ4n) is 6.21. The Labute approximate surface area is 219 Å². The van der Waals surface area contributed by atoms with Gasteiger partial charge in [-0.05, 0) is 56.5 Å². The van der Waals surface area contributed by atoms with Gasteiger partial charge >= 0.3 is 0 Å². The second kappa shape index (κ2) is 9.28. The number of fused-ring (bicyclic) bond motifs is 3. The fraction of sp³-hybridized carbons (Fsp3) is 0.429. The Morgan fingerprint density at radius 2 is 2.05 bits per heavy atom. The Hall–Kier alpha value is -3.63.